The summed E-state index contributed by atoms with van der Waals surface area (Å²) in [4.78, 5) is 4.45. The Hall–Kier alpha value is -2.49. The Labute approximate surface area is 182 Å². The van der Waals surface area contributed by atoms with E-state index in [1.54, 1.807) is 12.3 Å². The van der Waals surface area contributed by atoms with Gasteiger partial charge in [0.2, 0.25) is 0 Å². The van der Waals surface area contributed by atoms with Crippen LogP contribution >= 0.6 is 0 Å². The molecule has 2 aromatic rings. The van der Waals surface area contributed by atoms with Crippen LogP contribution in [0.5, 0.6) is 17.2 Å². The average Bonchev–Trinajstić information content (AvgIpc) is 2.76. The first-order valence-electron chi connectivity index (χ1n) is 11.5. The monoisotopic (exact) mass is 411 g/mol. The Kier molecular flexibility index (Phi) is 11.5. The van der Waals surface area contributed by atoms with Crippen molar-refractivity contribution in [3.8, 4) is 17.2 Å². The number of unbranched alkanes of at least 4 members (excludes halogenated alkanes) is 7. The molecule has 0 fully saturated rings. The lowest BCUT2D eigenvalue weighted by Gasteiger charge is -2.08. The van der Waals surface area contributed by atoms with Gasteiger partial charge in [-0.3, -0.25) is 4.99 Å². The van der Waals surface area contributed by atoms with Crippen LogP contribution < -0.4 is 9.47 Å². The van der Waals surface area contributed by atoms with Crippen LogP contribution in [0.3, 0.4) is 0 Å². The molecule has 0 atom stereocenters. The van der Waals surface area contributed by atoms with Gasteiger partial charge in [-0.1, -0.05) is 58.8 Å². The molecule has 0 aromatic heterocycles. The van der Waals surface area contributed by atoms with Gasteiger partial charge in [0.1, 0.15) is 17.2 Å². The lowest BCUT2D eigenvalue weighted by atomic mass is 10.1. The minimum atomic E-state index is 0.176. The van der Waals surface area contributed by atoms with Gasteiger partial charge < -0.3 is 14.6 Å². The molecule has 30 heavy (non-hydrogen) atoms. The molecular formula is C26H37NO3. The summed E-state index contributed by atoms with van der Waals surface area (Å²) in [5.74, 6) is 1.73. The maximum absolute atomic E-state index is 10.3. The van der Waals surface area contributed by atoms with Crippen LogP contribution in [-0.2, 0) is 0 Å². The number of hydrogen-bond acceptors (Lipinski definition) is 4. The summed E-state index contributed by atoms with van der Waals surface area (Å²) in [6.45, 7) is 5.84. The van der Waals surface area contributed by atoms with Crippen molar-refractivity contribution >= 4 is 11.9 Å². The van der Waals surface area contributed by atoms with Gasteiger partial charge in [-0.25, -0.2) is 0 Å². The molecule has 0 bridgehead atoms. The minimum absolute atomic E-state index is 0.176. The van der Waals surface area contributed by atoms with Crippen molar-refractivity contribution in [2.75, 3.05) is 13.2 Å². The number of aromatic hydroxyl groups is 1. The fourth-order valence-corrected chi connectivity index (χ4v) is 3.11. The van der Waals surface area contributed by atoms with E-state index >= 15 is 0 Å². The highest BCUT2D eigenvalue weighted by molar-refractivity contribution is 5.85. The van der Waals surface area contributed by atoms with E-state index in [9.17, 15) is 5.11 Å². The van der Waals surface area contributed by atoms with Crippen LogP contribution in [0.1, 0.15) is 77.2 Å². The van der Waals surface area contributed by atoms with E-state index in [1.807, 2.05) is 36.4 Å². The SMILES string of the molecule is CCCCCCCCOc1ccc(C=Nc2ccc(OCCCCC)cc2)c(O)c1. The number of rotatable bonds is 15. The second-order valence-corrected chi connectivity index (χ2v) is 7.64. The van der Waals surface area contributed by atoms with Crippen molar-refractivity contribution in [2.24, 2.45) is 4.99 Å². The Morgan fingerprint density at radius 2 is 1.30 bits per heavy atom. The lowest BCUT2D eigenvalue weighted by Crippen LogP contribution is -1.97. The molecule has 2 rings (SSSR count). The number of benzene rings is 2. The van der Waals surface area contributed by atoms with Crippen molar-refractivity contribution in [2.45, 2.75) is 71.6 Å². The summed E-state index contributed by atoms with van der Waals surface area (Å²) in [6.07, 6.45) is 12.5. The van der Waals surface area contributed by atoms with E-state index in [0.29, 0.717) is 17.9 Å². The molecule has 0 saturated carbocycles. The van der Waals surface area contributed by atoms with Crippen molar-refractivity contribution in [1.29, 1.82) is 0 Å². The highest BCUT2D eigenvalue weighted by Crippen LogP contribution is 2.24. The van der Waals surface area contributed by atoms with Crippen molar-refractivity contribution in [1.82, 2.24) is 0 Å². The second-order valence-electron chi connectivity index (χ2n) is 7.64. The van der Waals surface area contributed by atoms with Crippen molar-refractivity contribution in [3.05, 3.63) is 48.0 Å². The van der Waals surface area contributed by atoms with E-state index < -0.39 is 0 Å². The number of ether oxygens (including phenoxy) is 2. The summed E-state index contributed by atoms with van der Waals surface area (Å²) >= 11 is 0. The molecule has 4 nitrogen and oxygen atoms in total. The maximum Gasteiger partial charge on any atom is 0.128 e. The van der Waals surface area contributed by atoms with Gasteiger partial charge in [0.15, 0.2) is 0 Å². The highest BCUT2D eigenvalue weighted by atomic mass is 16.5. The van der Waals surface area contributed by atoms with Gasteiger partial charge in [-0.2, -0.15) is 0 Å². The largest absolute Gasteiger partial charge is 0.507 e. The molecule has 0 radical (unpaired) electrons. The summed E-state index contributed by atoms with van der Waals surface area (Å²) in [7, 11) is 0. The molecule has 0 heterocycles. The third-order valence-corrected chi connectivity index (χ3v) is 4.97. The number of phenols is 1. The van der Waals surface area contributed by atoms with E-state index in [0.717, 1.165) is 30.9 Å². The molecule has 2 aromatic carbocycles. The fourth-order valence-electron chi connectivity index (χ4n) is 3.11. The molecule has 0 saturated heterocycles. The highest BCUT2D eigenvalue weighted by Gasteiger charge is 2.02. The Balaban J connectivity index is 1.77. The zero-order chi connectivity index (χ0) is 21.4. The lowest BCUT2D eigenvalue weighted by molar-refractivity contribution is 0.302. The standard InChI is InChI=1S/C26H37NO3/c1-3-5-7-8-9-11-19-30-25-15-12-22(26(28)20-25)21-27-23-13-16-24(17-14-23)29-18-10-6-4-2/h12-17,20-21,28H,3-11,18-19H2,1-2H3. The van der Waals surface area contributed by atoms with Crippen LogP contribution in [0.15, 0.2) is 47.5 Å². The number of hydrogen-bond donors (Lipinski definition) is 1. The number of nitrogens with zero attached hydrogens (tertiary/aromatic N) is 1. The zero-order valence-corrected chi connectivity index (χ0v) is 18.6. The predicted octanol–water partition coefficient (Wildman–Crippen LogP) is 7.45. The number of aliphatic imine (C=N–C) groups is 1. The Morgan fingerprint density at radius 1 is 0.733 bits per heavy atom. The quantitative estimate of drug-likeness (QED) is 0.244. The smallest absolute Gasteiger partial charge is 0.128 e. The first kappa shape index (κ1) is 23.8. The first-order valence-corrected chi connectivity index (χ1v) is 11.5. The third-order valence-electron chi connectivity index (χ3n) is 4.97. The topological polar surface area (TPSA) is 51.0 Å². The van der Waals surface area contributed by atoms with Crippen LogP contribution in [0.2, 0.25) is 0 Å². The summed E-state index contributed by atoms with van der Waals surface area (Å²) in [5.41, 5.74) is 1.49. The third kappa shape index (κ3) is 9.34. The van der Waals surface area contributed by atoms with Crippen molar-refractivity contribution in [3.63, 3.8) is 0 Å². The minimum Gasteiger partial charge on any atom is -0.507 e. The normalized spacial score (nSPS) is 11.1. The van der Waals surface area contributed by atoms with E-state index in [2.05, 4.69) is 18.8 Å². The van der Waals surface area contributed by atoms with Crippen molar-refractivity contribution < 1.29 is 14.6 Å². The van der Waals surface area contributed by atoms with Gasteiger partial charge in [0, 0.05) is 17.8 Å². The Morgan fingerprint density at radius 3 is 2.00 bits per heavy atom. The molecular weight excluding hydrogens is 374 g/mol. The average molecular weight is 412 g/mol. The maximum atomic E-state index is 10.3. The summed E-state index contributed by atoms with van der Waals surface area (Å²) in [5, 5.41) is 10.3. The first-order chi connectivity index (χ1) is 14.7. The van der Waals surface area contributed by atoms with Crippen LogP contribution in [0.25, 0.3) is 0 Å². The zero-order valence-electron chi connectivity index (χ0n) is 18.6. The second kappa shape index (κ2) is 14.5. The van der Waals surface area contributed by atoms with Gasteiger partial charge >= 0.3 is 0 Å². The van der Waals surface area contributed by atoms with Gasteiger partial charge in [-0.15, -0.1) is 0 Å². The molecule has 0 unspecified atom stereocenters. The van der Waals surface area contributed by atoms with Crippen LogP contribution in [0, 0.1) is 0 Å². The molecule has 4 heteroatoms. The van der Waals surface area contributed by atoms with Crippen LogP contribution in [0.4, 0.5) is 5.69 Å². The summed E-state index contributed by atoms with van der Waals surface area (Å²) < 4.78 is 11.5. The fraction of sp³-hybridized carbons (Fsp3) is 0.500. The molecule has 0 aliphatic carbocycles. The van der Waals surface area contributed by atoms with Gasteiger partial charge in [0.25, 0.3) is 0 Å². The molecule has 0 amide bonds. The van der Waals surface area contributed by atoms with E-state index in [1.165, 1.54) is 44.9 Å². The molecule has 0 spiro atoms. The Bertz CT molecular complexity index is 740. The van der Waals surface area contributed by atoms with E-state index in [4.69, 9.17) is 9.47 Å². The van der Waals surface area contributed by atoms with E-state index in [-0.39, 0.29) is 5.75 Å². The molecule has 1 N–H and O–H groups in total. The van der Waals surface area contributed by atoms with Gasteiger partial charge in [0.05, 0.1) is 18.9 Å². The van der Waals surface area contributed by atoms with Crippen LogP contribution in [-0.4, -0.2) is 24.5 Å². The molecule has 0 aliphatic rings. The molecule has 0 aliphatic heterocycles. The van der Waals surface area contributed by atoms with Gasteiger partial charge in [-0.05, 0) is 49.2 Å². The molecule has 164 valence electrons. The number of phenolic OH excluding ortho intramolecular Hbond substituents is 1. The predicted molar refractivity (Wildman–Crippen MR) is 126 cm³/mol. The summed E-state index contributed by atoms with van der Waals surface area (Å²) in [6, 6.07) is 13.1.